The van der Waals surface area contributed by atoms with Gasteiger partial charge in [0.15, 0.2) is 0 Å². The second kappa shape index (κ2) is 15.3. The van der Waals surface area contributed by atoms with Crippen LogP contribution in [-0.2, 0) is 35.1 Å². The number of rotatable bonds is 2. The second-order valence-corrected chi connectivity index (χ2v) is 17.2. The van der Waals surface area contributed by atoms with Gasteiger partial charge in [-0.3, -0.25) is 6.08 Å². The van der Waals surface area contributed by atoms with Gasteiger partial charge in [-0.25, -0.2) is 5.57 Å². The number of allylic oxidation sites excluding steroid dienone is 8. The van der Waals surface area contributed by atoms with E-state index >= 15 is 0 Å². The van der Waals surface area contributed by atoms with Gasteiger partial charge in [-0.1, -0.05) is 115 Å². The topological polar surface area (TPSA) is 0 Å². The molecule has 3 aliphatic rings. The predicted molar refractivity (Wildman–Crippen MR) is 213 cm³/mol. The van der Waals surface area contributed by atoms with E-state index in [1.807, 2.05) is 0 Å². The Hall–Kier alpha value is -2.70. The molecule has 0 saturated heterocycles. The van der Waals surface area contributed by atoms with E-state index in [0.29, 0.717) is 11.3 Å². The Morgan fingerprint density at radius 2 is 1.27 bits per heavy atom. The first-order valence-corrected chi connectivity index (χ1v) is 19.4. The number of benzene rings is 4. The predicted octanol–water partition coefficient (Wildman–Crippen LogP) is 7.39. The van der Waals surface area contributed by atoms with Crippen molar-refractivity contribution in [2.24, 2.45) is 11.3 Å². The molecule has 1 atom stereocenters. The summed E-state index contributed by atoms with van der Waals surface area (Å²) in [4.78, 5) is 0. The van der Waals surface area contributed by atoms with E-state index in [1.165, 1.54) is 107 Å². The molecule has 5 aromatic carbocycles. The van der Waals surface area contributed by atoms with E-state index in [4.69, 9.17) is 0 Å². The average molecular weight is 791 g/mol. The third kappa shape index (κ3) is 7.98. The van der Waals surface area contributed by atoms with Crippen LogP contribution in [0.5, 0.6) is 0 Å². The van der Waals surface area contributed by atoms with Crippen LogP contribution in [0.15, 0.2) is 102 Å². The minimum absolute atomic E-state index is 0. The van der Waals surface area contributed by atoms with Gasteiger partial charge in [0.25, 0.3) is 0 Å². The Kier molecular flexibility index (Phi) is 12.4. The van der Waals surface area contributed by atoms with Crippen LogP contribution in [-0.4, -0.2) is 3.71 Å². The zero-order chi connectivity index (χ0) is 35.5. The van der Waals surface area contributed by atoms with Crippen molar-refractivity contribution in [2.75, 3.05) is 0 Å². The molecule has 5 aromatic rings. The van der Waals surface area contributed by atoms with E-state index in [0.717, 1.165) is 6.42 Å². The fourth-order valence-corrected chi connectivity index (χ4v) is 8.95. The zero-order valence-corrected chi connectivity index (χ0v) is 36.2. The van der Waals surface area contributed by atoms with Crippen LogP contribution < -0.4 is 24.8 Å². The number of halogens is 2. The maximum atomic E-state index is 3.48. The monoisotopic (exact) mass is 788 g/mol. The third-order valence-corrected chi connectivity index (χ3v) is 11.4. The molecule has 0 aromatic heterocycles. The van der Waals surface area contributed by atoms with Crippen molar-refractivity contribution < 1.29 is 49.0 Å². The van der Waals surface area contributed by atoms with Crippen molar-refractivity contribution in [1.29, 1.82) is 0 Å². The van der Waals surface area contributed by atoms with Gasteiger partial charge in [-0.05, 0) is 36.1 Å². The molecule has 0 nitrogen and oxygen atoms in total. The molecule has 1 unspecified atom stereocenters. The quantitative estimate of drug-likeness (QED) is 0.164. The van der Waals surface area contributed by atoms with E-state index in [-0.39, 0.29) is 35.6 Å². The first-order valence-electron chi connectivity index (χ1n) is 18.0. The van der Waals surface area contributed by atoms with E-state index in [9.17, 15) is 0 Å². The van der Waals surface area contributed by atoms with Crippen LogP contribution in [0, 0.1) is 17.4 Å². The molecular weight excluding hydrogens is 739 g/mol. The Morgan fingerprint density at radius 1 is 0.765 bits per heavy atom. The Labute approximate surface area is 334 Å². The number of hydrogen-bond donors (Lipinski definition) is 0. The van der Waals surface area contributed by atoms with Gasteiger partial charge in [0.2, 0.25) is 0 Å². The molecule has 8 rings (SSSR count). The van der Waals surface area contributed by atoms with Crippen molar-refractivity contribution >= 4 is 47.2 Å². The van der Waals surface area contributed by atoms with Crippen LogP contribution in [0.4, 0.5) is 0 Å². The summed E-state index contributed by atoms with van der Waals surface area (Å²) >= 11 is 1.46. The summed E-state index contributed by atoms with van der Waals surface area (Å²) < 4.78 is 2.23. The summed E-state index contributed by atoms with van der Waals surface area (Å²) in [6.45, 7) is 25.0. The van der Waals surface area contributed by atoms with E-state index < -0.39 is 0 Å². The fraction of sp³-hybridized carbons (Fsp3) is 0.333. The Bertz CT molecular complexity index is 2140. The summed E-state index contributed by atoms with van der Waals surface area (Å²) in [7, 11) is 0. The van der Waals surface area contributed by atoms with Crippen LogP contribution in [0.1, 0.15) is 110 Å². The number of hydrogen-bond acceptors (Lipinski definition) is 0. The van der Waals surface area contributed by atoms with Gasteiger partial charge < -0.3 is 24.8 Å². The Balaban J connectivity index is 0.000000190. The molecule has 3 heteroatoms. The molecule has 0 fully saturated rings. The van der Waals surface area contributed by atoms with Gasteiger partial charge in [0.05, 0.1) is 0 Å². The molecule has 0 amide bonds. The second-order valence-electron chi connectivity index (χ2n) is 16.5. The fourth-order valence-electron chi connectivity index (χ4n) is 8.33. The van der Waals surface area contributed by atoms with Crippen molar-refractivity contribution in [3.8, 4) is 0 Å². The summed E-state index contributed by atoms with van der Waals surface area (Å²) in [6, 6.07) is 27.0. The summed E-state index contributed by atoms with van der Waals surface area (Å²) in [5.41, 5.74) is 13.5. The molecule has 0 N–H and O–H groups in total. The molecule has 0 spiro atoms. The van der Waals surface area contributed by atoms with Crippen LogP contribution in [0.3, 0.4) is 0 Å². The van der Waals surface area contributed by atoms with Gasteiger partial charge in [0.1, 0.15) is 0 Å². The van der Waals surface area contributed by atoms with E-state index in [1.54, 1.807) is 0 Å². The van der Waals surface area contributed by atoms with Crippen molar-refractivity contribution in [1.82, 2.24) is 0 Å². The molecule has 0 bridgehead atoms. The molecule has 3 aliphatic carbocycles. The normalized spacial score (nSPS) is 17.8. The first-order chi connectivity index (χ1) is 23.0. The summed E-state index contributed by atoms with van der Waals surface area (Å²) in [5.74, 6) is 0.522. The molecule has 264 valence electrons. The van der Waals surface area contributed by atoms with Gasteiger partial charge in [0, 0.05) is 10.8 Å². The first kappa shape index (κ1) is 41.1. The van der Waals surface area contributed by atoms with Crippen molar-refractivity contribution in [2.45, 2.75) is 93.4 Å². The summed E-state index contributed by atoms with van der Waals surface area (Å²) in [6.07, 6.45) is 11.8. The average Bonchev–Trinajstić information content (AvgIpc) is 3.74. The van der Waals surface area contributed by atoms with Crippen LogP contribution in [0.25, 0.3) is 43.5 Å². The molecule has 0 saturated carbocycles. The maximum absolute atomic E-state index is 3.48. The number of fused-ring (bicyclic) bond motifs is 6. The standard InChI is InChI=1S/C25H25.C12H19.C11H8.2ClH.Zr/c1-14-12-24(3,4)22-8-16-7-17-9-23-19(15(2)13-25(23,5)6)11-21(17)20(16)10-18(14)22;1-6-10-7-9(2)8-11(10)12(3,4)5;1-9-5-4-7-10-6-2-3-8-11(9)10;;;/h7-13H,1-6H3;8-9H,6H2,1-5H3;1-8H;2*1H;/q2*-1;;;;+2/p-2. The third-order valence-electron chi connectivity index (χ3n) is 10.7. The molecule has 51 heavy (non-hydrogen) atoms. The van der Waals surface area contributed by atoms with Gasteiger partial charge in [-0.2, -0.15) is 11.6 Å². The summed E-state index contributed by atoms with van der Waals surface area (Å²) in [5, 5.41) is 8.26. The van der Waals surface area contributed by atoms with Crippen LogP contribution in [0.2, 0.25) is 0 Å². The zero-order valence-electron chi connectivity index (χ0n) is 32.3. The SMILES string of the molecule is CC1=CC(C)(C)c2cc3[cH-]c4cc5c(cc4c3cc21)C(C)=CC5(C)C.CCC1=[C-]C(C)C=C1C(C)(C)C.[Cl-].[Cl-].[Zr+2]=[CH]c1cccc2ccccc12. The van der Waals surface area contributed by atoms with Crippen molar-refractivity contribution in [3.05, 3.63) is 136 Å². The molecule has 0 heterocycles. The molecular formula is C48H52Cl2Zr-2. The Morgan fingerprint density at radius 3 is 1.75 bits per heavy atom. The minimum atomic E-state index is 0. The van der Waals surface area contributed by atoms with E-state index in [2.05, 4.69) is 177 Å². The van der Waals surface area contributed by atoms with Gasteiger partial charge >= 0.3 is 86.7 Å². The molecule has 0 aliphatic heterocycles. The van der Waals surface area contributed by atoms with Crippen LogP contribution >= 0.6 is 0 Å². The van der Waals surface area contributed by atoms with Gasteiger partial charge in [-0.15, -0.1) is 39.7 Å². The molecule has 0 radical (unpaired) electrons. The van der Waals surface area contributed by atoms with Crippen molar-refractivity contribution in [3.63, 3.8) is 0 Å².